The molecule has 4 N–H and O–H groups in total. The number of nitrogens with two attached hydrogens (primary N) is 1. The zero-order valence-electron chi connectivity index (χ0n) is 14.3. The second-order valence-electron chi connectivity index (χ2n) is 6.26. The van der Waals surface area contributed by atoms with Crippen molar-refractivity contribution in [2.75, 3.05) is 16.2 Å². The number of anilines is 2. The lowest BCUT2D eigenvalue weighted by Gasteiger charge is -2.10. The highest BCUT2D eigenvalue weighted by molar-refractivity contribution is 7.92. The van der Waals surface area contributed by atoms with E-state index in [0.717, 1.165) is 11.1 Å². The fraction of sp³-hybridized carbons (Fsp3) is 0.263. The topological polar surface area (TPSA) is 92.4 Å². The molecule has 0 fully saturated rings. The fourth-order valence-corrected chi connectivity index (χ4v) is 3.17. The van der Waals surface area contributed by atoms with Crippen molar-refractivity contribution in [3.63, 3.8) is 0 Å². The van der Waals surface area contributed by atoms with E-state index < -0.39 is 15.6 Å². The maximum Gasteiger partial charge on any atom is 0.233 e. The van der Waals surface area contributed by atoms with Crippen LogP contribution in [-0.4, -0.2) is 24.9 Å². The van der Waals surface area contributed by atoms with Gasteiger partial charge in [0.05, 0.1) is 17.1 Å². The molecular formula is C19H22N2O3S. The summed E-state index contributed by atoms with van der Waals surface area (Å²) >= 11 is 0. The van der Waals surface area contributed by atoms with E-state index in [0.29, 0.717) is 17.8 Å². The van der Waals surface area contributed by atoms with Crippen molar-refractivity contribution in [1.82, 2.24) is 0 Å². The van der Waals surface area contributed by atoms with Crippen molar-refractivity contribution in [3.05, 3.63) is 59.7 Å². The third-order valence-corrected chi connectivity index (χ3v) is 4.62. The molecule has 0 aliphatic rings. The summed E-state index contributed by atoms with van der Waals surface area (Å²) in [7, 11) is -3.49. The third-order valence-electron chi connectivity index (χ3n) is 3.35. The van der Waals surface area contributed by atoms with Gasteiger partial charge in [0.2, 0.25) is 10.0 Å². The Morgan fingerprint density at radius 3 is 2.36 bits per heavy atom. The summed E-state index contributed by atoms with van der Waals surface area (Å²) < 4.78 is 26.9. The van der Waals surface area contributed by atoms with Gasteiger partial charge in [-0.15, -0.1) is 0 Å². The van der Waals surface area contributed by atoms with E-state index in [-0.39, 0.29) is 5.75 Å². The van der Waals surface area contributed by atoms with Gasteiger partial charge in [0, 0.05) is 5.56 Å². The molecule has 5 nitrogen and oxygen atoms in total. The monoisotopic (exact) mass is 358 g/mol. The molecule has 2 aromatic rings. The first-order valence-electron chi connectivity index (χ1n) is 7.84. The van der Waals surface area contributed by atoms with Gasteiger partial charge in [-0.1, -0.05) is 36.1 Å². The molecule has 0 bridgehead atoms. The summed E-state index contributed by atoms with van der Waals surface area (Å²) in [4.78, 5) is 0. The summed E-state index contributed by atoms with van der Waals surface area (Å²) in [6.45, 7) is 3.23. The van der Waals surface area contributed by atoms with Crippen molar-refractivity contribution < 1.29 is 13.5 Å². The van der Waals surface area contributed by atoms with Crippen LogP contribution in [0.5, 0.6) is 0 Å². The maximum absolute atomic E-state index is 12.2. The zero-order valence-corrected chi connectivity index (χ0v) is 15.1. The van der Waals surface area contributed by atoms with Crippen LogP contribution in [0.15, 0.2) is 48.5 Å². The lowest BCUT2D eigenvalue weighted by Crippen LogP contribution is -2.19. The Labute approximate surface area is 148 Å². The van der Waals surface area contributed by atoms with Crippen LogP contribution in [0.4, 0.5) is 11.4 Å². The van der Waals surface area contributed by atoms with Crippen molar-refractivity contribution in [2.45, 2.75) is 25.9 Å². The van der Waals surface area contributed by atoms with Crippen LogP contribution in [0.25, 0.3) is 0 Å². The second-order valence-corrected chi connectivity index (χ2v) is 8.11. The highest BCUT2D eigenvalue weighted by Crippen LogP contribution is 2.18. The van der Waals surface area contributed by atoms with Gasteiger partial charge < -0.3 is 10.8 Å². The summed E-state index contributed by atoms with van der Waals surface area (Å²) in [5.41, 5.74) is 7.14. The van der Waals surface area contributed by atoms with Gasteiger partial charge in [0.1, 0.15) is 5.60 Å². The second kappa shape index (κ2) is 7.60. The number of para-hydroxylation sites is 2. The van der Waals surface area contributed by atoms with E-state index in [9.17, 15) is 13.5 Å². The van der Waals surface area contributed by atoms with Gasteiger partial charge in [-0.25, -0.2) is 8.42 Å². The minimum atomic E-state index is -3.49. The van der Waals surface area contributed by atoms with Crippen molar-refractivity contribution in [3.8, 4) is 11.8 Å². The van der Waals surface area contributed by atoms with Gasteiger partial charge in [-0.2, -0.15) is 0 Å². The largest absolute Gasteiger partial charge is 0.397 e. The SMILES string of the molecule is CC(C)(O)C#Cc1ccc(CCS(=O)(=O)Nc2ccccc2N)cc1. The number of sulfonamides is 1. The minimum absolute atomic E-state index is 0.0456. The summed E-state index contributed by atoms with van der Waals surface area (Å²) in [5.74, 6) is 5.57. The highest BCUT2D eigenvalue weighted by atomic mass is 32.2. The van der Waals surface area contributed by atoms with Crippen molar-refractivity contribution in [2.24, 2.45) is 0 Å². The van der Waals surface area contributed by atoms with E-state index in [1.165, 1.54) is 0 Å². The summed E-state index contributed by atoms with van der Waals surface area (Å²) in [6.07, 6.45) is 0.376. The fourth-order valence-electron chi connectivity index (χ4n) is 2.04. The molecule has 0 unspecified atom stereocenters. The van der Waals surface area contributed by atoms with Crippen molar-refractivity contribution in [1.29, 1.82) is 0 Å². The Balaban J connectivity index is 1.98. The first-order valence-corrected chi connectivity index (χ1v) is 9.49. The molecule has 0 amide bonds. The van der Waals surface area contributed by atoms with Gasteiger partial charge in [-0.05, 0) is 50.1 Å². The number of aryl methyl sites for hydroxylation is 1. The van der Waals surface area contributed by atoms with Crippen LogP contribution < -0.4 is 10.5 Å². The van der Waals surface area contributed by atoms with Crippen LogP contribution in [-0.2, 0) is 16.4 Å². The van der Waals surface area contributed by atoms with E-state index in [4.69, 9.17) is 5.73 Å². The highest BCUT2D eigenvalue weighted by Gasteiger charge is 2.12. The molecule has 6 heteroatoms. The third kappa shape index (κ3) is 6.49. The zero-order chi connectivity index (χ0) is 18.5. The number of hydrogen-bond donors (Lipinski definition) is 3. The van der Waals surface area contributed by atoms with Crippen LogP contribution in [0.1, 0.15) is 25.0 Å². The number of benzene rings is 2. The molecule has 0 aliphatic carbocycles. The van der Waals surface area contributed by atoms with Gasteiger partial charge in [0.15, 0.2) is 0 Å². The van der Waals surface area contributed by atoms with Crippen LogP contribution in [0, 0.1) is 11.8 Å². The molecule has 0 aliphatic heterocycles. The van der Waals surface area contributed by atoms with Crippen LogP contribution in [0.2, 0.25) is 0 Å². The lowest BCUT2D eigenvalue weighted by atomic mass is 10.1. The van der Waals surface area contributed by atoms with E-state index in [1.807, 2.05) is 24.3 Å². The average Bonchev–Trinajstić information content (AvgIpc) is 2.53. The molecule has 2 aromatic carbocycles. The first kappa shape index (κ1) is 18.8. The molecule has 2 rings (SSSR count). The van der Waals surface area contributed by atoms with Crippen LogP contribution in [0.3, 0.4) is 0 Å². The molecule has 132 valence electrons. The number of hydrogen-bond acceptors (Lipinski definition) is 4. The number of nitrogens with one attached hydrogen (secondary N) is 1. The molecular weight excluding hydrogens is 336 g/mol. The molecule has 0 spiro atoms. The van der Waals surface area contributed by atoms with Crippen molar-refractivity contribution >= 4 is 21.4 Å². The normalized spacial score (nSPS) is 11.5. The quantitative estimate of drug-likeness (QED) is 0.565. The maximum atomic E-state index is 12.2. The standard InChI is InChI=1S/C19H22N2O3S/c1-19(2,22)13-11-15-7-9-16(10-8-15)12-14-25(23,24)21-18-6-4-3-5-17(18)20/h3-10,21-22H,12,14,20H2,1-2H3. The lowest BCUT2D eigenvalue weighted by molar-refractivity contribution is 0.143. The van der Waals surface area contributed by atoms with Gasteiger partial charge >= 0.3 is 0 Å². The Kier molecular flexibility index (Phi) is 5.73. The molecule has 25 heavy (non-hydrogen) atoms. The Morgan fingerprint density at radius 2 is 1.76 bits per heavy atom. The Morgan fingerprint density at radius 1 is 1.12 bits per heavy atom. The smallest absolute Gasteiger partial charge is 0.233 e. The predicted molar refractivity (Wildman–Crippen MR) is 102 cm³/mol. The van der Waals surface area contributed by atoms with E-state index in [1.54, 1.807) is 38.1 Å². The number of aliphatic hydroxyl groups is 1. The molecule has 0 saturated heterocycles. The Bertz CT molecular complexity index is 887. The molecule has 0 aromatic heterocycles. The van der Waals surface area contributed by atoms with E-state index >= 15 is 0 Å². The van der Waals surface area contributed by atoms with E-state index in [2.05, 4.69) is 16.6 Å². The summed E-state index contributed by atoms with van der Waals surface area (Å²) in [5, 5.41) is 9.59. The first-order chi connectivity index (χ1) is 11.6. The average molecular weight is 358 g/mol. The number of rotatable bonds is 5. The molecule has 0 atom stereocenters. The van der Waals surface area contributed by atoms with Gasteiger partial charge in [-0.3, -0.25) is 4.72 Å². The predicted octanol–water partition coefficient (Wildman–Crippen LogP) is 2.38. The molecule has 0 radical (unpaired) electrons. The Hall–Kier alpha value is -2.49. The number of nitrogen functional groups attached to an aromatic ring is 1. The van der Waals surface area contributed by atoms with Gasteiger partial charge in [0.25, 0.3) is 0 Å². The van der Waals surface area contributed by atoms with Crippen LogP contribution >= 0.6 is 0 Å². The minimum Gasteiger partial charge on any atom is -0.397 e. The summed E-state index contributed by atoms with van der Waals surface area (Å²) in [6, 6.07) is 14.0. The molecule has 0 saturated carbocycles. The molecule has 0 heterocycles.